The number of rotatable bonds is 27. The molecule has 2 aliphatic heterocycles. The molecule has 0 radical (unpaired) electrons. The van der Waals surface area contributed by atoms with Crippen molar-refractivity contribution in [2.45, 2.75) is 185 Å². The van der Waals surface area contributed by atoms with Crippen molar-refractivity contribution < 1.29 is 86.5 Å². The summed E-state index contributed by atoms with van der Waals surface area (Å²) in [5.74, 6) is 4.84. The van der Waals surface area contributed by atoms with Crippen LogP contribution in [0.1, 0.15) is 187 Å². The van der Waals surface area contributed by atoms with Crippen LogP contribution in [0.2, 0.25) is 5.02 Å². The smallest absolute Gasteiger partial charge is 0.306 e. The standard InChI is InChI=1S/C40H51ClN2O6S.C15H20O3.2C14H18O3.C5H11NO.2C4H9NO.ClH/c1-26-6-4-8-37(48-3)34-12-9-29(34)20-43-24-40(15-5-7-27-17-32(41)11-13-35(27)40)25-49-38-14-10-28(19-36(38)43)39(45)42-50(46,22-26)23-33(44)18-30-16-31(30)21-47-2;1-11(12-6-4-3-5-7-12)18-15(16)9-13-8-14(13)10-17-2;2*1-10(11-5-3-2-4-6-11)17-14(16)8-12-7-13(12)9-15;1-7-3-4-2-5(4)6;2*5-4-1-3(4)2-6;/h4,8,10-11,13-14,17,19,26,29-31,34,37H,5-7,9,12,15-16,18,20-25H2,1-3H3;3-7,11,13-14H,8-10H2,1-2H3;2*2-6,10,12-13,15H,7-9H2,1H3;4-5H,2-3,6H2,1H3;2*3-4,6H,1-2,5H2;1H/b8-4+;;;;;;;/t26-,29-,30-,31+,34+,37-,40-,50+;11-,13-,14+;10-,12+,13-;10-,12-,13+;4-,5-;2*3-,4-;/m0000110./s1. The minimum atomic E-state index is -3.17. The van der Waals surface area contributed by atoms with E-state index in [1.54, 1.807) is 34.5 Å². The molecule has 23 atom stereocenters. The molecule has 5 aromatic carbocycles. The van der Waals surface area contributed by atoms with Gasteiger partial charge in [0, 0.05) is 147 Å². The van der Waals surface area contributed by atoms with Gasteiger partial charge in [0.25, 0.3) is 5.91 Å². The Bertz CT molecular complexity index is 4170. The maximum absolute atomic E-state index is 14.5. The summed E-state index contributed by atoms with van der Waals surface area (Å²) in [6, 6.07) is 42.1. The van der Waals surface area contributed by atoms with E-state index in [0.717, 1.165) is 137 Å². The number of benzene rings is 5. The molecular weight excluding hydrogens is 1610 g/mol. The largest absolute Gasteiger partial charge is 0.490 e. The van der Waals surface area contributed by atoms with Crippen LogP contribution in [0.3, 0.4) is 0 Å². The zero-order chi connectivity index (χ0) is 86.9. The topological polar surface area (TPSA) is 351 Å². The van der Waals surface area contributed by atoms with E-state index in [2.05, 4.69) is 33.5 Å². The molecule has 0 aromatic heterocycles. The predicted octanol–water partition coefficient (Wildman–Crippen LogP) is 13.9. The molecule has 11 aliphatic rings. The first-order chi connectivity index (χ1) is 58.2. The van der Waals surface area contributed by atoms with Crippen molar-refractivity contribution in [1.29, 1.82) is 0 Å². The Morgan fingerprint density at radius 1 is 0.590 bits per heavy atom. The van der Waals surface area contributed by atoms with Gasteiger partial charge >= 0.3 is 17.9 Å². The van der Waals surface area contributed by atoms with Crippen molar-refractivity contribution >= 4 is 69.0 Å². The second-order valence-corrected chi connectivity index (χ2v) is 38.6. The number of carbonyl (C=O) groups is 5. The molecule has 5 aromatic rings. The number of ketones is 1. The fourth-order valence-corrected chi connectivity index (χ4v) is 19.5. The number of fused-ring (bicyclic) bond motifs is 4. The maximum atomic E-state index is 14.5. The zero-order valence-electron chi connectivity index (χ0n) is 72.7. The molecule has 2 heterocycles. The first kappa shape index (κ1) is 99.1. The van der Waals surface area contributed by atoms with Crippen LogP contribution in [0.5, 0.6) is 5.75 Å². The SMILES string of the molecule is COC[C@H]1C[C@H]1CC(=O)C[S@@]1(=O)=NC(=O)c2ccc3c(c2)N(C[C@@H]2CC[C@H]2[C@@H](OC)/C=C/C[C@H](C)C1)C[C@@]1(CCCc2cc(Cl)ccc21)CO3.COC[C@H]1C[C@H]1CC(=O)O[C@@H](C)c1ccccc1.COC[C@H]1C[C@H]1N.C[C@H](OC(=O)C[C@@H]1C[C@@H]1CO)c1ccccc1.C[C@H](OC(=O)C[C@H]1C[C@H]1CO)c1ccccc1.Cl.N[C@@H]1C[C@@H]1CO.N[C@H]1C[C@H]1CO. The number of nitrogens with zero attached hydrogens (tertiary/aromatic N) is 2. The third kappa shape index (κ3) is 31.1. The molecule has 0 unspecified atom stereocenters. The van der Waals surface area contributed by atoms with Crippen LogP contribution in [0.4, 0.5) is 5.69 Å². The Labute approximate surface area is 734 Å². The van der Waals surface area contributed by atoms with Crippen LogP contribution in [-0.4, -0.2) is 184 Å². The van der Waals surface area contributed by atoms with Crippen molar-refractivity contribution in [3.05, 3.63) is 178 Å². The fourth-order valence-electron chi connectivity index (χ4n) is 17.0. The fraction of sp³-hybridized carbons (Fsp3) is 0.615. The Kier molecular flexibility index (Phi) is 39.2. The quantitative estimate of drug-likeness (QED) is 0.0146. The molecule has 26 heteroatoms. The zero-order valence-corrected chi connectivity index (χ0v) is 75.1. The molecule has 2 bridgehead atoms. The molecule has 23 nitrogen and oxygen atoms in total. The summed E-state index contributed by atoms with van der Waals surface area (Å²) < 4.78 is 63.1. The number of hydrogen-bond donors (Lipinski definition) is 7. The number of carbonyl (C=O) groups excluding carboxylic acids is 5. The average Bonchev–Trinajstić information content (AvgIpc) is 1.07. The molecule has 1 spiro atoms. The lowest BCUT2D eigenvalue weighted by Gasteiger charge is -2.46. The summed E-state index contributed by atoms with van der Waals surface area (Å²) in [4.78, 5) is 64.7. The highest BCUT2D eigenvalue weighted by Crippen LogP contribution is 2.49. The van der Waals surface area contributed by atoms with E-state index < -0.39 is 15.6 Å². The summed E-state index contributed by atoms with van der Waals surface area (Å²) in [5.41, 5.74) is 22.7. The van der Waals surface area contributed by atoms with Gasteiger partial charge in [-0.25, -0.2) is 4.21 Å². The van der Waals surface area contributed by atoms with Crippen LogP contribution < -0.4 is 26.8 Å². The van der Waals surface area contributed by atoms with Gasteiger partial charge in [0.15, 0.2) is 0 Å². The van der Waals surface area contributed by atoms with E-state index in [-0.39, 0.29) is 116 Å². The van der Waals surface area contributed by atoms with Crippen LogP contribution in [0.15, 0.2) is 144 Å². The van der Waals surface area contributed by atoms with Gasteiger partial charge in [-0.15, -0.1) is 12.4 Å². The first-order valence-corrected chi connectivity index (χ1v) is 46.1. The third-order valence-corrected chi connectivity index (χ3v) is 28.3. The lowest BCUT2D eigenvalue weighted by atomic mass is 9.68. The van der Waals surface area contributed by atoms with E-state index in [1.807, 2.05) is 137 Å². The van der Waals surface area contributed by atoms with Gasteiger partial charge in [-0.1, -0.05) is 128 Å². The summed E-state index contributed by atoms with van der Waals surface area (Å²) in [6.45, 7) is 12.9. The van der Waals surface area contributed by atoms with Gasteiger partial charge < -0.3 is 80.4 Å². The summed E-state index contributed by atoms with van der Waals surface area (Å²) in [7, 11) is 3.70. The molecule has 9 aliphatic carbocycles. The number of hydrogen-bond acceptors (Lipinski definition) is 22. The minimum absolute atomic E-state index is 0. The monoisotopic (exact) mass is 1750 g/mol. The summed E-state index contributed by atoms with van der Waals surface area (Å²) >= 11 is 6.46. The summed E-state index contributed by atoms with van der Waals surface area (Å²) in [6.07, 6.45) is 18.5. The molecule has 16 rings (SSSR count). The van der Waals surface area contributed by atoms with Gasteiger partial charge in [0.05, 0.1) is 40.5 Å². The van der Waals surface area contributed by atoms with Gasteiger partial charge in [0.2, 0.25) is 0 Å². The molecule has 674 valence electrons. The minimum Gasteiger partial charge on any atom is -0.490 e. The number of aliphatic hydroxyl groups excluding tert-OH is 4. The second kappa shape index (κ2) is 48.3. The maximum Gasteiger partial charge on any atom is 0.306 e. The van der Waals surface area contributed by atoms with Gasteiger partial charge in [-0.2, -0.15) is 4.36 Å². The van der Waals surface area contributed by atoms with E-state index in [0.29, 0.717) is 140 Å². The molecule has 0 saturated heterocycles. The van der Waals surface area contributed by atoms with Crippen molar-refractivity contribution in [2.75, 3.05) is 111 Å². The van der Waals surface area contributed by atoms with Crippen LogP contribution in [0.25, 0.3) is 0 Å². The van der Waals surface area contributed by atoms with E-state index >= 15 is 0 Å². The number of amides is 1. The molecule has 8 fully saturated rings. The Hall–Kier alpha value is -6.72. The number of methoxy groups -OCH3 is 4. The number of nitrogens with two attached hydrogens (primary N) is 3. The van der Waals surface area contributed by atoms with Crippen molar-refractivity contribution in [2.24, 2.45) is 104 Å². The van der Waals surface area contributed by atoms with Crippen LogP contribution in [-0.2, 0) is 73.9 Å². The van der Waals surface area contributed by atoms with Gasteiger partial charge in [0.1, 0.15) is 29.8 Å². The number of allylic oxidation sites excluding steroid dienone is 1. The number of esters is 3. The van der Waals surface area contributed by atoms with E-state index in [9.17, 15) is 28.2 Å². The van der Waals surface area contributed by atoms with Crippen LogP contribution >= 0.6 is 24.0 Å². The number of ether oxygens (including phenoxy) is 8. The van der Waals surface area contributed by atoms with Crippen molar-refractivity contribution in [3.63, 3.8) is 0 Å². The van der Waals surface area contributed by atoms with E-state index in [4.69, 9.17) is 87.1 Å². The molecule has 8 saturated carbocycles. The number of aliphatic hydroxyl groups is 4. The molecule has 1 amide bonds. The summed E-state index contributed by atoms with van der Waals surface area (Å²) in [5, 5.41) is 35.1. The highest BCUT2D eigenvalue weighted by Gasteiger charge is 2.47. The highest BCUT2D eigenvalue weighted by atomic mass is 35.5. The first-order valence-electron chi connectivity index (χ1n) is 43.9. The molecule has 10 N–H and O–H groups in total. The second-order valence-electron chi connectivity index (χ2n) is 35.8. The van der Waals surface area contributed by atoms with Crippen molar-refractivity contribution in [1.82, 2.24) is 0 Å². The molecular formula is C96H137Cl2N5O18S. The third-order valence-electron chi connectivity index (χ3n) is 25.8. The molecule has 122 heavy (non-hydrogen) atoms. The Balaban J connectivity index is 0.000000191. The van der Waals surface area contributed by atoms with E-state index in [1.165, 1.54) is 11.1 Å². The van der Waals surface area contributed by atoms with Gasteiger partial charge in [-0.05, 0) is 245 Å². The number of anilines is 1. The van der Waals surface area contributed by atoms with Crippen molar-refractivity contribution in [3.8, 4) is 5.75 Å². The predicted molar refractivity (Wildman–Crippen MR) is 477 cm³/mol. The average molecular weight is 1750 g/mol. The number of halogens is 2. The lowest BCUT2D eigenvalue weighted by Crippen LogP contribution is -2.49. The lowest BCUT2D eigenvalue weighted by molar-refractivity contribution is -0.150. The highest BCUT2D eigenvalue weighted by molar-refractivity contribution is 7.94. The normalized spacial score (nSPS) is 30.7. The number of Topliss-reactive ketones (excluding diaryl/α,β-unsaturated/α-hetero) is 1. The Morgan fingerprint density at radius 2 is 1.05 bits per heavy atom. The number of aryl methyl sites for hydroxylation is 1. The van der Waals surface area contributed by atoms with Gasteiger partial charge in [-0.3, -0.25) is 24.0 Å². The Morgan fingerprint density at radius 3 is 1.47 bits per heavy atom. The van der Waals surface area contributed by atoms with Crippen LogP contribution in [0, 0.1) is 82.9 Å².